The molecule has 42 heavy (non-hydrogen) atoms. The van der Waals surface area contributed by atoms with Gasteiger partial charge in [-0.05, 0) is 61.1 Å². The van der Waals surface area contributed by atoms with Crippen LogP contribution in [0.3, 0.4) is 0 Å². The number of pyridine rings is 1. The van der Waals surface area contributed by atoms with E-state index in [-0.39, 0.29) is 40.8 Å². The fraction of sp³-hybridized carbons (Fsp3) is 0.355. The highest BCUT2D eigenvalue weighted by atomic mass is 32.2. The predicted octanol–water partition coefficient (Wildman–Crippen LogP) is 7.33. The number of aromatic nitrogens is 1. The van der Waals surface area contributed by atoms with E-state index in [1.54, 1.807) is 6.92 Å². The number of carbonyl (C=O) groups excluding carboxylic acids is 1. The van der Waals surface area contributed by atoms with E-state index in [1.807, 2.05) is 37.3 Å². The van der Waals surface area contributed by atoms with Crippen molar-refractivity contribution in [2.24, 2.45) is 0 Å². The van der Waals surface area contributed by atoms with Crippen molar-refractivity contribution < 1.29 is 40.4 Å². The summed E-state index contributed by atoms with van der Waals surface area (Å²) in [5, 5.41) is 4.11. The molecule has 2 unspecified atom stereocenters. The van der Waals surface area contributed by atoms with Gasteiger partial charge >= 0.3 is 12.1 Å². The van der Waals surface area contributed by atoms with Gasteiger partial charge in [0.15, 0.2) is 6.44 Å². The number of hydrogen-bond donors (Lipinski definition) is 2. The Morgan fingerprint density at radius 1 is 1.14 bits per heavy atom. The van der Waals surface area contributed by atoms with Gasteiger partial charge in [-0.3, -0.25) is 4.72 Å². The lowest BCUT2D eigenvalue weighted by atomic mass is 9.80. The highest BCUT2D eigenvalue weighted by molar-refractivity contribution is 7.92. The number of aliphatic hydroxyl groups excluding tert-OH is 1. The van der Waals surface area contributed by atoms with E-state index in [0.717, 1.165) is 5.56 Å². The fourth-order valence-corrected chi connectivity index (χ4v) is 5.87. The SMILES string of the molecule is [2H]OC1=C(C(CC)c2cccc(N([2H])S(=O)(=O)c3ccc(C(F)(F)F)cn3)c2)C(=O)OC(CCC)(CCc2ccccc2)C1([2H])[2H]. The van der Waals surface area contributed by atoms with Crippen LogP contribution in [0.25, 0.3) is 1.43 Å². The summed E-state index contributed by atoms with van der Waals surface area (Å²) in [7, 11) is -4.72. The Labute approximate surface area is 249 Å². The molecule has 1 aliphatic heterocycles. The number of halogens is 3. The largest absolute Gasteiger partial charge is 0.512 e. The average molecular weight is 607 g/mol. The van der Waals surface area contributed by atoms with Crippen LogP contribution < -0.4 is 4.72 Å². The van der Waals surface area contributed by atoms with Crippen molar-refractivity contribution in [1.29, 1.82) is 1.43 Å². The molecule has 0 saturated heterocycles. The molecule has 2 aromatic carbocycles. The van der Waals surface area contributed by atoms with E-state index in [0.29, 0.717) is 31.2 Å². The van der Waals surface area contributed by atoms with Gasteiger partial charge in [0.25, 0.3) is 11.5 Å². The number of cyclic esters (lactones) is 1. The molecule has 7 nitrogen and oxygen atoms in total. The maximum absolute atomic E-state index is 13.7. The zero-order valence-corrected chi connectivity index (χ0v) is 23.8. The molecule has 2 heterocycles. The Morgan fingerprint density at radius 2 is 1.90 bits per heavy atom. The third-order valence-corrected chi connectivity index (χ3v) is 8.21. The molecule has 3 aromatic rings. The van der Waals surface area contributed by atoms with Crippen molar-refractivity contribution in [3.05, 3.63) is 101 Å². The number of esters is 1. The number of sulfonamides is 1. The van der Waals surface area contributed by atoms with Gasteiger partial charge in [0.1, 0.15) is 11.4 Å². The van der Waals surface area contributed by atoms with E-state index < -0.39 is 56.4 Å². The number of nitrogens with zero attached hydrogens (tertiary/aromatic N) is 1. The lowest BCUT2D eigenvalue weighted by molar-refractivity contribution is -0.161. The predicted molar refractivity (Wildman–Crippen MR) is 152 cm³/mol. The van der Waals surface area contributed by atoms with Crippen molar-refractivity contribution in [2.75, 3.05) is 4.72 Å². The first-order valence-corrected chi connectivity index (χ1v) is 14.9. The molecule has 0 amide bonds. The van der Waals surface area contributed by atoms with Crippen LogP contribution in [0.2, 0.25) is 1.41 Å². The first-order chi connectivity index (χ1) is 21.6. The van der Waals surface area contributed by atoms with Crippen molar-refractivity contribution in [2.45, 2.75) is 75.0 Å². The van der Waals surface area contributed by atoms with Gasteiger partial charge in [-0.25, -0.2) is 9.78 Å². The molecule has 0 bridgehead atoms. The van der Waals surface area contributed by atoms with Crippen molar-refractivity contribution in [1.82, 2.24) is 4.98 Å². The minimum atomic E-state index is -4.73. The summed E-state index contributed by atoms with van der Waals surface area (Å²) in [6.07, 6.45) is -5.45. The van der Waals surface area contributed by atoms with Crippen molar-refractivity contribution in [3.63, 3.8) is 0 Å². The third kappa shape index (κ3) is 7.13. The van der Waals surface area contributed by atoms with Crippen molar-refractivity contribution >= 4 is 21.7 Å². The first kappa shape index (κ1) is 25.8. The zero-order valence-electron chi connectivity index (χ0n) is 27.0. The molecular formula is C31H33F3N2O5S. The lowest BCUT2D eigenvalue weighted by Crippen LogP contribution is -2.41. The van der Waals surface area contributed by atoms with Crippen LogP contribution in [0.15, 0.2) is 89.3 Å². The Morgan fingerprint density at radius 3 is 2.52 bits per heavy atom. The summed E-state index contributed by atoms with van der Waals surface area (Å²) in [6.45, 7) is 3.52. The van der Waals surface area contributed by atoms with Crippen LogP contribution in [0.4, 0.5) is 18.9 Å². The fourth-order valence-electron chi connectivity index (χ4n) is 4.96. The molecule has 11 heteroatoms. The number of rotatable bonds is 12. The molecular weight excluding hydrogens is 569 g/mol. The average Bonchev–Trinajstić information content (AvgIpc) is 3.03. The van der Waals surface area contributed by atoms with Crippen LogP contribution in [0.5, 0.6) is 0 Å². The minimum Gasteiger partial charge on any atom is -0.512 e. The highest BCUT2D eigenvalue weighted by Crippen LogP contribution is 2.42. The number of nitrogens with one attached hydrogen (secondary N) is 1. The van der Waals surface area contributed by atoms with Crippen LogP contribution in [0.1, 0.15) is 71.3 Å². The summed E-state index contributed by atoms with van der Waals surface area (Å²) >= 11 is 0. The van der Waals surface area contributed by atoms with Gasteiger partial charge < -0.3 is 9.85 Å². The second-order valence-corrected chi connectivity index (χ2v) is 11.5. The Kier molecular flexibility index (Phi) is 7.72. The van der Waals surface area contributed by atoms with Crippen LogP contribution in [-0.4, -0.2) is 30.1 Å². The lowest BCUT2D eigenvalue weighted by Gasteiger charge is -2.38. The number of hydrogen-bond acceptors (Lipinski definition) is 6. The van der Waals surface area contributed by atoms with Crippen LogP contribution in [-0.2, 0) is 32.2 Å². The molecule has 224 valence electrons. The van der Waals surface area contributed by atoms with Crippen molar-refractivity contribution in [3.8, 4) is 0 Å². The van der Waals surface area contributed by atoms with E-state index >= 15 is 0 Å². The molecule has 4 rings (SSSR count). The van der Waals surface area contributed by atoms with Gasteiger partial charge in [-0.1, -0.05) is 62.7 Å². The number of aliphatic hydroxyl groups is 1. The Bertz CT molecular complexity index is 1690. The van der Waals surface area contributed by atoms with Crippen LogP contribution in [0, 0.1) is 0 Å². The maximum atomic E-state index is 13.7. The normalized spacial score (nSPS) is 20.9. The first-order valence-electron chi connectivity index (χ1n) is 15.3. The number of alkyl halides is 3. The summed E-state index contributed by atoms with van der Waals surface area (Å²) in [6, 6.07) is 16.0. The van der Waals surface area contributed by atoms with E-state index in [4.69, 9.17) is 15.4 Å². The standard InChI is InChI=1S/C31H33F3N2O5S/c1-3-16-30(17-15-21-9-6-5-7-10-21)19-26(37)28(29(38)41-30)25(4-2)22-11-8-12-24(18-22)36-42(39,40)27-14-13-23(20-35-27)31(32,33)34/h5-14,18,20,25,36-37H,3-4,15-17,19H2,1-2H3/i19D2/hD2. The molecule has 1 aromatic heterocycles. The topological polar surface area (TPSA) is 106 Å². The van der Waals surface area contributed by atoms with E-state index in [2.05, 4.69) is 4.98 Å². The van der Waals surface area contributed by atoms with E-state index in [1.165, 1.54) is 24.3 Å². The van der Waals surface area contributed by atoms with E-state index in [9.17, 15) is 26.4 Å². The molecule has 0 aliphatic carbocycles. The number of ether oxygens (including phenoxy) is 1. The van der Waals surface area contributed by atoms with Gasteiger partial charge in [0.2, 0.25) is 0 Å². The molecule has 0 spiro atoms. The zero-order chi connectivity index (χ0) is 33.9. The molecule has 2 N–H and O–H groups in total. The quantitative estimate of drug-likeness (QED) is 0.209. The second kappa shape index (κ2) is 12.6. The van der Waals surface area contributed by atoms with Gasteiger partial charge in [0.05, 0.1) is 11.1 Å². The maximum Gasteiger partial charge on any atom is 0.417 e. The van der Waals surface area contributed by atoms with Gasteiger partial charge in [-0.2, -0.15) is 21.6 Å². The van der Waals surface area contributed by atoms with Gasteiger partial charge in [0, 0.05) is 26.9 Å². The molecule has 0 radical (unpaired) electrons. The summed E-state index contributed by atoms with van der Waals surface area (Å²) in [4.78, 5) is 17.1. The molecule has 0 saturated carbocycles. The number of benzene rings is 2. The smallest absolute Gasteiger partial charge is 0.417 e. The summed E-state index contributed by atoms with van der Waals surface area (Å²) < 4.78 is 106. The monoisotopic (exact) mass is 606 g/mol. The summed E-state index contributed by atoms with van der Waals surface area (Å²) in [5.74, 6) is -2.32. The molecule has 2 atom stereocenters. The summed E-state index contributed by atoms with van der Waals surface area (Å²) in [5.41, 5.74) is -2.04. The number of carbonyl (C=O) groups is 1. The minimum absolute atomic E-state index is 0.101. The number of aryl methyl sites for hydroxylation is 1. The molecule has 0 fully saturated rings. The Balaban J connectivity index is 1.72. The number of anilines is 1. The molecule has 1 aliphatic rings. The van der Waals surface area contributed by atoms with Crippen LogP contribution >= 0.6 is 0 Å². The Hall–Kier alpha value is -3.86. The van der Waals surface area contributed by atoms with Gasteiger partial charge in [-0.15, -0.1) is 0 Å². The third-order valence-electron chi connectivity index (χ3n) is 6.99. The second-order valence-electron chi connectivity index (χ2n) is 9.99. The highest BCUT2D eigenvalue weighted by Gasteiger charge is 2.43.